The van der Waals surface area contributed by atoms with Crippen LogP contribution >= 0.6 is 0 Å². The Bertz CT molecular complexity index is 235. The predicted octanol–water partition coefficient (Wildman–Crippen LogP) is 0.492. The molecule has 0 rings (SSSR count). The molecule has 0 fully saturated rings. The van der Waals surface area contributed by atoms with E-state index in [4.69, 9.17) is 5.73 Å². The molecule has 0 saturated heterocycles. The van der Waals surface area contributed by atoms with E-state index in [1.807, 2.05) is 5.32 Å². The number of amides is 1. The fraction of sp³-hybridized carbons (Fsp3) is 0.900. The van der Waals surface area contributed by atoms with Gasteiger partial charge in [0.2, 0.25) is 0 Å². The fourth-order valence-electron chi connectivity index (χ4n) is 1.10. The number of hydrogen-bond acceptors (Lipinski definition) is 3. The molecule has 0 unspecified atom stereocenters. The summed E-state index contributed by atoms with van der Waals surface area (Å²) in [5.74, 6) is -5.66. The molecule has 0 aliphatic rings. The van der Waals surface area contributed by atoms with Gasteiger partial charge in [-0.05, 0) is 12.3 Å². The highest BCUT2D eigenvalue weighted by molar-refractivity contribution is 5.84. The predicted molar refractivity (Wildman–Crippen MR) is 57.1 cm³/mol. The summed E-state index contributed by atoms with van der Waals surface area (Å²) in [6.07, 6.45) is -1.61. The zero-order valence-corrected chi connectivity index (χ0v) is 9.84. The van der Waals surface area contributed by atoms with Crippen molar-refractivity contribution in [2.45, 2.75) is 45.3 Å². The van der Waals surface area contributed by atoms with Gasteiger partial charge in [-0.3, -0.25) is 4.79 Å². The van der Waals surface area contributed by atoms with E-state index in [0.717, 1.165) is 0 Å². The van der Waals surface area contributed by atoms with Crippen LogP contribution in [0.3, 0.4) is 0 Å². The Morgan fingerprint density at radius 2 is 2.00 bits per heavy atom. The molecule has 96 valence electrons. The van der Waals surface area contributed by atoms with Gasteiger partial charge in [0.15, 0.2) is 0 Å². The SMILES string of the molecule is CCCNC(=O)C(F)(F)[C@H](O)[C@@H](N)C(C)C. The van der Waals surface area contributed by atoms with Gasteiger partial charge in [-0.25, -0.2) is 0 Å². The van der Waals surface area contributed by atoms with Crippen molar-refractivity contribution in [2.75, 3.05) is 6.54 Å². The highest BCUT2D eigenvalue weighted by Crippen LogP contribution is 2.23. The van der Waals surface area contributed by atoms with Crippen LogP contribution in [0.25, 0.3) is 0 Å². The molecule has 4 nitrogen and oxygen atoms in total. The lowest BCUT2D eigenvalue weighted by Crippen LogP contribution is -2.56. The minimum atomic E-state index is -3.85. The minimum absolute atomic E-state index is 0.151. The minimum Gasteiger partial charge on any atom is -0.385 e. The van der Waals surface area contributed by atoms with E-state index in [2.05, 4.69) is 0 Å². The van der Waals surface area contributed by atoms with Crippen LogP contribution < -0.4 is 11.1 Å². The van der Waals surface area contributed by atoms with E-state index >= 15 is 0 Å². The molecule has 0 aliphatic carbocycles. The molecule has 0 aromatic rings. The molecular weight excluding hydrogens is 218 g/mol. The Morgan fingerprint density at radius 3 is 2.38 bits per heavy atom. The van der Waals surface area contributed by atoms with Crippen molar-refractivity contribution >= 4 is 5.91 Å². The molecule has 0 radical (unpaired) electrons. The topological polar surface area (TPSA) is 75.3 Å². The van der Waals surface area contributed by atoms with Gasteiger partial charge >= 0.3 is 5.92 Å². The molecule has 0 heterocycles. The van der Waals surface area contributed by atoms with Gasteiger partial charge in [0.25, 0.3) is 5.91 Å². The van der Waals surface area contributed by atoms with E-state index in [9.17, 15) is 18.7 Å². The van der Waals surface area contributed by atoms with Crippen LogP contribution in [0.2, 0.25) is 0 Å². The maximum atomic E-state index is 13.4. The van der Waals surface area contributed by atoms with Gasteiger partial charge in [0.1, 0.15) is 6.10 Å². The lowest BCUT2D eigenvalue weighted by atomic mass is 9.95. The smallest absolute Gasteiger partial charge is 0.351 e. The number of nitrogens with one attached hydrogen (secondary N) is 1. The molecule has 0 spiro atoms. The van der Waals surface area contributed by atoms with Crippen molar-refractivity contribution in [1.29, 1.82) is 0 Å². The quantitative estimate of drug-likeness (QED) is 0.630. The first-order valence-electron chi connectivity index (χ1n) is 5.34. The molecule has 0 saturated carbocycles. The average molecular weight is 238 g/mol. The van der Waals surface area contributed by atoms with Crippen LogP contribution in [0, 0.1) is 5.92 Å². The van der Waals surface area contributed by atoms with E-state index in [1.165, 1.54) is 0 Å². The largest absolute Gasteiger partial charge is 0.385 e. The van der Waals surface area contributed by atoms with E-state index in [1.54, 1.807) is 20.8 Å². The third kappa shape index (κ3) is 3.68. The van der Waals surface area contributed by atoms with E-state index in [-0.39, 0.29) is 12.5 Å². The highest BCUT2D eigenvalue weighted by Gasteiger charge is 2.49. The average Bonchev–Trinajstić information content (AvgIpc) is 2.23. The van der Waals surface area contributed by atoms with Crippen molar-refractivity contribution in [3.63, 3.8) is 0 Å². The molecule has 4 N–H and O–H groups in total. The molecule has 0 aliphatic heterocycles. The Kier molecular flexibility index (Phi) is 5.81. The number of halogens is 2. The van der Waals surface area contributed by atoms with Crippen molar-refractivity contribution in [3.05, 3.63) is 0 Å². The molecule has 0 bridgehead atoms. The number of aliphatic hydroxyl groups excluding tert-OH is 1. The van der Waals surface area contributed by atoms with Gasteiger partial charge in [-0.1, -0.05) is 20.8 Å². The van der Waals surface area contributed by atoms with Gasteiger partial charge in [-0.15, -0.1) is 0 Å². The summed E-state index contributed by atoms with van der Waals surface area (Å²) in [4.78, 5) is 11.1. The summed E-state index contributed by atoms with van der Waals surface area (Å²) in [5, 5.41) is 11.4. The second-order valence-electron chi connectivity index (χ2n) is 4.15. The Hall–Kier alpha value is -0.750. The van der Waals surface area contributed by atoms with Crippen molar-refractivity contribution in [2.24, 2.45) is 11.7 Å². The van der Waals surface area contributed by atoms with Crippen LogP contribution in [-0.4, -0.2) is 35.6 Å². The number of rotatable bonds is 6. The van der Waals surface area contributed by atoms with Gasteiger partial charge in [-0.2, -0.15) is 8.78 Å². The maximum Gasteiger partial charge on any atom is 0.351 e. The second kappa shape index (κ2) is 6.10. The standard InChI is InChI=1S/C10H20F2N2O2/c1-4-5-14-9(16)10(11,12)8(15)7(13)6(2)3/h6-8,15H,4-5,13H2,1-3H3,(H,14,16)/t7-,8+/m0/s1. The lowest BCUT2D eigenvalue weighted by Gasteiger charge is -2.28. The number of nitrogens with two attached hydrogens (primary N) is 1. The number of carbonyl (C=O) groups excluding carboxylic acids is 1. The summed E-state index contributed by atoms with van der Waals surface area (Å²) in [5.41, 5.74) is 5.40. The monoisotopic (exact) mass is 238 g/mol. The summed E-state index contributed by atoms with van der Waals surface area (Å²) in [7, 11) is 0. The van der Waals surface area contributed by atoms with E-state index < -0.39 is 24.0 Å². The molecule has 2 atom stereocenters. The third-order valence-electron chi connectivity index (χ3n) is 2.34. The van der Waals surface area contributed by atoms with Gasteiger partial charge in [0, 0.05) is 12.6 Å². The number of alkyl halides is 2. The Balaban J connectivity index is 4.57. The first-order valence-corrected chi connectivity index (χ1v) is 5.34. The van der Waals surface area contributed by atoms with Crippen molar-refractivity contribution < 1.29 is 18.7 Å². The first kappa shape index (κ1) is 15.2. The van der Waals surface area contributed by atoms with Gasteiger partial charge in [0.05, 0.1) is 0 Å². The van der Waals surface area contributed by atoms with Crippen molar-refractivity contribution in [3.8, 4) is 0 Å². The maximum absolute atomic E-state index is 13.4. The van der Waals surface area contributed by atoms with Crippen LogP contribution in [0.1, 0.15) is 27.2 Å². The first-order chi connectivity index (χ1) is 7.25. The summed E-state index contributed by atoms with van der Waals surface area (Å²) < 4.78 is 26.8. The van der Waals surface area contributed by atoms with Crippen molar-refractivity contribution in [1.82, 2.24) is 5.32 Å². The van der Waals surface area contributed by atoms with Crippen LogP contribution in [0.5, 0.6) is 0 Å². The highest BCUT2D eigenvalue weighted by atomic mass is 19.3. The molecule has 16 heavy (non-hydrogen) atoms. The molecule has 0 aromatic carbocycles. The summed E-state index contributed by atoms with van der Waals surface area (Å²) in [6, 6.07) is -1.14. The second-order valence-corrected chi connectivity index (χ2v) is 4.15. The molecule has 1 amide bonds. The lowest BCUT2D eigenvalue weighted by molar-refractivity contribution is -0.167. The number of hydrogen-bond donors (Lipinski definition) is 3. The summed E-state index contributed by atoms with van der Waals surface area (Å²) in [6.45, 7) is 5.11. The van der Waals surface area contributed by atoms with Gasteiger partial charge < -0.3 is 16.2 Å². The van der Waals surface area contributed by atoms with Crippen LogP contribution in [0.15, 0.2) is 0 Å². The Morgan fingerprint density at radius 1 is 1.50 bits per heavy atom. The number of carbonyl (C=O) groups is 1. The molecular formula is C10H20F2N2O2. The van der Waals surface area contributed by atoms with Crippen LogP contribution in [0.4, 0.5) is 8.78 Å². The number of aliphatic hydroxyl groups is 1. The molecule has 0 aromatic heterocycles. The summed E-state index contributed by atoms with van der Waals surface area (Å²) >= 11 is 0. The normalized spacial score (nSPS) is 16.0. The fourth-order valence-corrected chi connectivity index (χ4v) is 1.10. The zero-order chi connectivity index (χ0) is 12.9. The van der Waals surface area contributed by atoms with Crippen LogP contribution in [-0.2, 0) is 4.79 Å². The van der Waals surface area contributed by atoms with E-state index in [0.29, 0.717) is 6.42 Å². The Labute approximate surface area is 94.2 Å². The molecule has 6 heteroatoms. The third-order valence-corrected chi connectivity index (χ3v) is 2.34. The zero-order valence-electron chi connectivity index (χ0n) is 9.84.